The predicted octanol–water partition coefficient (Wildman–Crippen LogP) is 6.38. The van der Waals surface area contributed by atoms with Crippen LogP contribution in [0.3, 0.4) is 0 Å². The second-order valence-corrected chi connectivity index (χ2v) is 14.1. The standard InChI is InChI=1S/C24H39NO2SSi/c1-8-16-25(17-9-2)23(28)19-22(27-29(6,7)24(3,4)5)15-18-26-20-21-13-11-10-12-14-21/h8-14,22H,1-2,15-20H2,3-7H3/t22-/m1/s1. The molecule has 0 saturated heterocycles. The Morgan fingerprint density at radius 1 is 1.14 bits per heavy atom. The van der Waals surface area contributed by atoms with E-state index in [4.69, 9.17) is 21.4 Å². The third kappa shape index (κ3) is 9.39. The quantitative estimate of drug-likeness (QED) is 0.156. The average Bonchev–Trinajstić information content (AvgIpc) is 2.64. The Labute approximate surface area is 184 Å². The molecule has 0 N–H and O–H groups in total. The van der Waals surface area contributed by atoms with Gasteiger partial charge in [-0.1, -0.05) is 75.5 Å². The summed E-state index contributed by atoms with van der Waals surface area (Å²) in [6.45, 7) is 21.8. The van der Waals surface area contributed by atoms with Crippen LogP contribution in [0.4, 0.5) is 0 Å². The van der Waals surface area contributed by atoms with Gasteiger partial charge in [-0.25, -0.2) is 0 Å². The van der Waals surface area contributed by atoms with Crippen molar-refractivity contribution < 1.29 is 9.16 Å². The van der Waals surface area contributed by atoms with E-state index in [-0.39, 0.29) is 11.1 Å². The highest BCUT2D eigenvalue weighted by Gasteiger charge is 2.39. The normalized spacial score (nSPS) is 13.0. The zero-order valence-corrected chi connectivity index (χ0v) is 20.8. The van der Waals surface area contributed by atoms with Crippen molar-refractivity contribution in [3.8, 4) is 0 Å². The molecule has 0 aliphatic rings. The second kappa shape index (κ2) is 12.4. The van der Waals surface area contributed by atoms with Gasteiger partial charge < -0.3 is 14.1 Å². The van der Waals surface area contributed by atoms with Crippen LogP contribution in [0.5, 0.6) is 0 Å². The molecule has 29 heavy (non-hydrogen) atoms. The molecule has 0 spiro atoms. The summed E-state index contributed by atoms with van der Waals surface area (Å²) in [5.74, 6) is 0. The molecular weight excluding hydrogens is 394 g/mol. The molecule has 0 aromatic heterocycles. The largest absolute Gasteiger partial charge is 0.413 e. The molecule has 1 atom stereocenters. The SMILES string of the molecule is C=CCN(CC=C)C(=S)C[C@@H](CCOCc1ccccc1)O[Si](C)(C)C(C)(C)C. The Hall–Kier alpha value is -1.27. The Kier molecular flexibility index (Phi) is 11.0. The highest BCUT2D eigenvalue weighted by molar-refractivity contribution is 7.80. The van der Waals surface area contributed by atoms with Crippen molar-refractivity contribution in [2.45, 2.75) is 64.5 Å². The number of nitrogens with zero attached hydrogens (tertiary/aromatic N) is 1. The van der Waals surface area contributed by atoms with Gasteiger partial charge in [0.1, 0.15) is 0 Å². The fourth-order valence-electron chi connectivity index (χ4n) is 2.69. The van der Waals surface area contributed by atoms with E-state index >= 15 is 0 Å². The van der Waals surface area contributed by atoms with Gasteiger partial charge >= 0.3 is 0 Å². The summed E-state index contributed by atoms with van der Waals surface area (Å²) in [4.78, 5) is 3.03. The molecule has 0 heterocycles. The van der Waals surface area contributed by atoms with E-state index in [2.05, 4.69) is 64.1 Å². The van der Waals surface area contributed by atoms with E-state index in [1.807, 2.05) is 30.4 Å². The van der Waals surface area contributed by atoms with Crippen LogP contribution in [0.2, 0.25) is 18.1 Å². The lowest BCUT2D eigenvalue weighted by molar-refractivity contribution is 0.0791. The van der Waals surface area contributed by atoms with E-state index in [9.17, 15) is 0 Å². The van der Waals surface area contributed by atoms with E-state index in [0.717, 1.165) is 30.9 Å². The van der Waals surface area contributed by atoms with Gasteiger partial charge in [0.25, 0.3) is 0 Å². The Balaban J connectivity index is 2.75. The Morgan fingerprint density at radius 3 is 2.24 bits per heavy atom. The van der Waals surface area contributed by atoms with E-state index in [1.165, 1.54) is 5.56 Å². The van der Waals surface area contributed by atoms with Crippen molar-refractivity contribution in [2.24, 2.45) is 0 Å². The van der Waals surface area contributed by atoms with Crippen molar-refractivity contribution in [3.63, 3.8) is 0 Å². The van der Waals surface area contributed by atoms with E-state index < -0.39 is 8.32 Å². The van der Waals surface area contributed by atoms with Gasteiger partial charge in [0.2, 0.25) is 0 Å². The van der Waals surface area contributed by atoms with Gasteiger partial charge in [-0.3, -0.25) is 0 Å². The number of thiocarbonyl (C=S) groups is 1. The number of hydrogen-bond acceptors (Lipinski definition) is 3. The van der Waals surface area contributed by atoms with Crippen molar-refractivity contribution in [3.05, 3.63) is 61.2 Å². The van der Waals surface area contributed by atoms with E-state index in [1.54, 1.807) is 0 Å². The van der Waals surface area contributed by atoms with Gasteiger partial charge in [-0.2, -0.15) is 0 Å². The zero-order chi connectivity index (χ0) is 21.9. The van der Waals surface area contributed by atoms with Crippen LogP contribution in [0, 0.1) is 0 Å². The molecule has 0 radical (unpaired) electrons. The number of ether oxygens (including phenoxy) is 1. The zero-order valence-electron chi connectivity index (χ0n) is 18.9. The molecule has 0 fully saturated rings. The molecule has 0 aliphatic heterocycles. The van der Waals surface area contributed by atoms with Gasteiger partial charge in [0, 0.05) is 26.1 Å². The maximum Gasteiger partial charge on any atom is 0.192 e. The number of benzene rings is 1. The molecule has 3 nitrogen and oxygen atoms in total. The summed E-state index contributed by atoms with van der Waals surface area (Å²) in [5, 5.41) is 0.152. The van der Waals surface area contributed by atoms with Crippen LogP contribution in [0.1, 0.15) is 39.2 Å². The van der Waals surface area contributed by atoms with Crippen LogP contribution in [-0.4, -0.2) is 44.0 Å². The van der Waals surface area contributed by atoms with Gasteiger partial charge in [0.15, 0.2) is 8.32 Å². The Morgan fingerprint density at radius 2 is 1.72 bits per heavy atom. The summed E-state index contributed by atoms with van der Waals surface area (Å²) < 4.78 is 12.7. The molecule has 162 valence electrons. The first-order valence-corrected chi connectivity index (χ1v) is 13.7. The molecule has 0 bridgehead atoms. The number of hydrogen-bond donors (Lipinski definition) is 0. The third-order valence-corrected chi connectivity index (χ3v) is 10.4. The molecular formula is C24H39NO2SSi. The molecule has 0 saturated carbocycles. The van der Waals surface area contributed by atoms with E-state index in [0.29, 0.717) is 13.2 Å². The highest BCUT2D eigenvalue weighted by atomic mass is 32.1. The first-order chi connectivity index (χ1) is 13.6. The minimum atomic E-state index is -1.90. The van der Waals surface area contributed by atoms with Crippen molar-refractivity contribution in [2.75, 3.05) is 19.7 Å². The molecule has 1 aromatic carbocycles. The average molecular weight is 434 g/mol. The monoisotopic (exact) mass is 433 g/mol. The highest BCUT2D eigenvalue weighted by Crippen LogP contribution is 2.38. The predicted molar refractivity (Wildman–Crippen MR) is 132 cm³/mol. The minimum absolute atomic E-state index is 0.0521. The summed E-state index contributed by atoms with van der Waals surface area (Å²) >= 11 is 5.75. The maximum absolute atomic E-state index is 6.72. The van der Waals surface area contributed by atoms with Crippen LogP contribution in [0.25, 0.3) is 0 Å². The molecule has 0 unspecified atom stereocenters. The molecule has 1 aromatic rings. The molecule has 1 rings (SSSR count). The van der Waals surface area contributed by atoms with Crippen LogP contribution in [0.15, 0.2) is 55.6 Å². The van der Waals surface area contributed by atoms with Crippen molar-refractivity contribution in [1.29, 1.82) is 0 Å². The smallest absolute Gasteiger partial charge is 0.192 e. The third-order valence-electron chi connectivity index (χ3n) is 5.42. The summed E-state index contributed by atoms with van der Waals surface area (Å²) in [5.41, 5.74) is 1.19. The molecule has 5 heteroatoms. The summed E-state index contributed by atoms with van der Waals surface area (Å²) in [6.07, 6.45) is 5.36. The number of rotatable bonds is 13. The summed E-state index contributed by atoms with van der Waals surface area (Å²) in [6, 6.07) is 10.3. The topological polar surface area (TPSA) is 21.7 Å². The lowest BCUT2D eigenvalue weighted by atomic mass is 10.2. The van der Waals surface area contributed by atoms with Crippen molar-refractivity contribution >= 4 is 25.5 Å². The van der Waals surface area contributed by atoms with Crippen LogP contribution >= 0.6 is 12.2 Å². The van der Waals surface area contributed by atoms with Crippen LogP contribution in [-0.2, 0) is 15.8 Å². The lowest BCUT2D eigenvalue weighted by Crippen LogP contribution is -2.45. The minimum Gasteiger partial charge on any atom is -0.413 e. The first-order valence-electron chi connectivity index (χ1n) is 10.4. The fourth-order valence-corrected chi connectivity index (χ4v) is 4.41. The lowest BCUT2D eigenvalue weighted by Gasteiger charge is -2.40. The fraction of sp³-hybridized carbons (Fsp3) is 0.542. The van der Waals surface area contributed by atoms with Crippen molar-refractivity contribution in [1.82, 2.24) is 4.90 Å². The van der Waals surface area contributed by atoms with Gasteiger partial charge in [-0.05, 0) is 30.1 Å². The maximum atomic E-state index is 6.72. The van der Waals surface area contributed by atoms with Gasteiger partial charge in [0.05, 0.1) is 17.7 Å². The van der Waals surface area contributed by atoms with Gasteiger partial charge in [-0.15, -0.1) is 13.2 Å². The van der Waals surface area contributed by atoms with Crippen LogP contribution < -0.4 is 0 Å². The second-order valence-electron chi connectivity index (χ2n) is 8.91. The first kappa shape index (κ1) is 25.8. The Bertz CT molecular complexity index is 630. The molecule has 0 aliphatic carbocycles. The molecule has 0 amide bonds. The summed E-state index contributed by atoms with van der Waals surface area (Å²) in [7, 11) is -1.90.